The van der Waals surface area contributed by atoms with Crippen LogP contribution in [0.5, 0.6) is 0 Å². The molecule has 8 heteroatoms. The van der Waals surface area contributed by atoms with E-state index in [1.165, 1.54) is 19.9 Å². The monoisotopic (exact) mass is 397 g/mol. The lowest BCUT2D eigenvalue weighted by atomic mass is 9.81. The lowest BCUT2D eigenvalue weighted by molar-refractivity contribution is -0.163. The molecule has 3 rings (SSSR count). The Morgan fingerprint density at radius 2 is 1.79 bits per heavy atom. The quantitative estimate of drug-likeness (QED) is 0.600. The van der Waals surface area contributed by atoms with Crippen molar-refractivity contribution in [3.05, 3.63) is 29.8 Å². The molecule has 1 saturated heterocycles. The molecule has 1 aromatic carbocycles. The number of hydrogen-bond acceptors (Lipinski definition) is 6. The number of nitrogens with zero attached hydrogens (tertiary/aromatic N) is 2. The molecule has 3 amide bonds. The average molecular weight is 397 g/mol. The Hall–Kier alpha value is -3.21. The maximum absolute atomic E-state index is 12.6. The van der Waals surface area contributed by atoms with Gasteiger partial charge in [0.2, 0.25) is 11.8 Å². The first-order valence-electron chi connectivity index (χ1n) is 9.72. The molecule has 2 fully saturated rings. The fourth-order valence-electron chi connectivity index (χ4n) is 3.91. The molecule has 0 spiro atoms. The van der Waals surface area contributed by atoms with Gasteiger partial charge in [-0.05, 0) is 44.9 Å². The molecule has 1 aliphatic carbocycles. The molecule has 0 aromatic heterocycles. The molecular weight excluding hydrogens is 374 g/mol. The van der Waals surface area contributed by atoms with Crippen molar-refractivity contribution in [3.8, 4) is 6.07 Å². The van der Waals surface area contributed by atoms with Crippen LogP contribution in [0.1, 0.15) is 45.1 Å². The number of amides is 3. The Morgan fingerprint density at radius 3 is 2.38 bits per heavy atom. The second-order valence-electron chi connectivity index (χ2n) is 7.48. The van der Waals surface area contributed by atoms with Gasteiger partial charge in [-0.15, -0.1) is 0 Å². The minimum atomic E-state index is -1.13. The standard InChI is InChI=1S/C21H23N3O5/c1-12(24-19(26)16-8-3-4-9-17(16)20(24)27)21(28)29-13(2)18(25)23-15-7-5-6-14(10-15)11-22/h5-7,10,12-13,16-17H,3-4,8-9H2,1-2H3,(H,23,25)/t12-,13+,16-,17-/m0/s1. The van der Waals surface area contributed by atoms with Crippen molar-refractivity contribution in [2.24, 2.45) is 11.8 Å². The normalized spacial score (nSPS) is 23.0. The second-order valence-corrected chi connectivity index (χ2v) is 7.48. The number of benzene rings is 1. The van der Waals surface area contributed by atoms with Crippen molar-refractivity contribution in [2.45, 2.75) is 51.7 Å². The van der Waals surface area contributed by atoms with Gasteiger partial charge in [-0.3, -0.25) is 19.3 Å². The van der Waals surface area contributed by atoms with Crippen LogP contribution in [-0.2, 0) is 23.9 Å². The molecule has 0 unspecified atom stereocenters. The van der Waals surface area contributed by atoms with Gasteiger partial charge in [0.05, 0.1) is 23.5 Å². The Labute approximate surface area is 168 Å². The molecule has 1 saturated carbocycles. The molecule has 8 nitrogen and oxygen atoms in total. The first-order valence-corrected chi connectivity index (χ1v) is 9.72. The summed E-state index contributed by atoms with van der Waals surface area (Å²) in [7, 11) is 0. The van der Waals surface area contributed by atoms with Gasteiger partial charge in [-0.2, -0.15) is 5.26 Å². The Bertz CT molecular complexity index is 867. The largest absolute Gasteiger partial charge is 0.451 e. The first-order chi connectivity index (χ1) is 13.8. The molecular formula is C21H23N3O5. The summed E-state index contributed by atoms with van der Waals surface area (Å²) in [6, 6.07) is 7.22. The van der Waals surface area contributed by atoms with Gasteiger partial charge in [0.1, 0.15) is 6.04 Å². The van der Waals surface area contributed by atoms with E-state index in [2.05, 4.69) is 5.32 Å². The van der Waals surface area contributed by atoms with Gasteiger partial charge in [0.15, 0.2) is 6.10 Å². The number of nitriles is 1. The molecule has 4 atom stereocenters. The van der Waals surface area contributed by atoms with E-state index in [0.717, 1.165) is 17.7 Å². The molecule has 1 heterocycles. The van der Waals surface area contributed by atoms with E-state index < -0.39 is 24.0 Å². The minimum absolute atomic E-state index is 0.324. The van der Waals surface area contributed by atoms with Crippen LogP contribution in [0.25, 0.3) is 0 Å². The molecule has 0 radical (unpaired) electrons. The fraction of sp³-hybridized carbons (Fsp3) is 0.476. The lowest BCUT2D eigenvalue weighted by Gasteiger charge is -2.23. The maximum Gasteiger partial charge on any atom is 0.329 e. The summed E-state index contributed by atoms with van der Waals surface area (Å²) in [5.41, 5.74) is 0.785. The summed E-state index contributed by atoms with van der Waals surface area (Å²) in [5, 5.41) is 11.5. The zero-order valence-corrected chi connectivity index (χ0v) is 16.4. The van der Waals surface area contributed by atoms with Crippen LogP contribution in [0.15, 0.2) is 24.3 Å². The van der Waals surface area contributed by atoms with Crippen LogP contribution in [0, 0.1) is 23.2 Å². The number of fused-ring (bicyclic) bond motifs is 1. The smallest absolute Gasteiger partial charge is 0.329 e. The van der Waals surface area contributed by atoms with Crippen LogP contribution in [0.3, 0.4) is 0 Å². The third-order valence-electron chi connectivity index (χ3n) is 5.52. The topological polar surface area (TPSA) is 117 Å². The number of imide groups is 1. The predicted octanol–water partition coefficient (Wildman–Crippen LogP) is 1.99. The molecule has 2 aliphatic rings. The van der Waals surface area contributed by atoms with E-state index in [9.17, 15) is 19.2 Å². The predicted molar refractivity (Wildman–Crippen MR) is 102 cm³/mol. The molecule has 29 heavy (non-hydrogen) atoms. The number of nitrogens with one attached hydrogen (secondary N) is 1. The Kier molecular flexibility index (Phi) is 5.97. The molecule has 1 aliphatic heterocycles. The van der Waals surface area contributed by atoms with Gasteiger partial charge < -0.3 is 10.1 Å². The third-order valence-corrected chi connectivity index (χ3v) is 5.52. The van der Waals surface area contributed by atoms with Gasteiger partial charge in [0, 0.05) is 5.69 Å². The van der Waals surface area contributed by atoms with E-state index in [1.807, 2.05) is 6.07 Å². The summed E-state index contributed by atoms with van der Waals surface area (Å²) in [6.45, 7) is 2.85. The van der Waals surface area contributed by atoms with Crippen molar-refractivity contribution in [1.82, 2.24) is 4.90 Å². The summed E-state index contributed by atoms with van der Waals surface area (Å²) in [5.74, 6) is -2.73. The van der Waals surface area contributed by atoms with E-state index in [-0.39, 0.29) is 23.7 Å². The number of hydrogen-bond donors (Lipinski definition) is 1. The zero-order valence-electron chi connectivity index (χ0n) is 16.4. The summed E-state index contributed by atoms with van der Waals surface area (Å²) >= 11 is 0. The minimum Gasteiger partial charge on any atom is -0.451 e. The highest BCUT2D eigenvalue weighted by Crippen LogP contribution is 2.38. The number of esters is 1. The number of ether oxygens (including phenoxy) is 1. The summed E-state index contributed by atoms with van der Waals surface area (Å²) in [4.78, 5) is 51.0. The SMILES string of the molecule is C[C@@H](OC(=O)[C@H](C)N1C(=O)[C@H]2CCCC[C@@H]2C1=O)C(=O)Nc1cccc(C#N)c1. The van der Waals surface area contributed by atoms with E-state index in [4.69, 9.17) is 10.00 Å². The fourth-order valence-corrected chi connectivity index (χ4v) is 3.91. The molecule has 0 bridgehead atoms. The van der Waals surface area contributed by atoms with E-state index in [1.54, 1.807) is 18.2 Å². The average Bonchev–Trinajstić information content (AvgIpc) is 2.98. The van der Waals surface area contributed by atoms with E-state index >= 15 is 0 Å². The highest BCUT2D eigenvalue weighted by molar-refractivity contribution is 6.08. The van der Waals surface area contributed by atoms with Crippen LogP contribution in [-0.4, -0.2) is 40.7 Å². The van der Waals surface area contributed by atoms with Crippen molar-refractivity contribution in [1.29, 1.82) is 5.26 Å². The van der Waals surface area contributed by atoms with Crippen molar-refractivity contribution in [3.63, 3.8) is 0 Å². The number of carbonyl (C=O) groups is 4. The van der Waals surface area contributed by atoms with Gasteiger partial charge in [0.25, 0.3) is 5.91 Å². The third kappa shape index (κ3) is 4.14. The van der Waals surface area contributed by atoms with E-state index in [0.29, 0.717) is 24.1 Å². The zero-order chi connectivity index (χ0) is 21.1. The number of carbonyl (C=O) groups excluding carboxylic acids is 4. The number of rotatable bonds is 5. The number of likely N-dealkylation sites (tertiary alicyclic amines) is 1. The van der Waals surface area contributed by atoms with Crippen LogP contribution in [0.4, 0.5) is 5.69 Å². The van der Waals surface area contributed by atoms with Gasteiger partial charge in [-0.25, -0.2) is 4.79 Å². The second kappa shape index (κ2) is 8.43. The van der Waals surface area contributed by atoms with Crippen LogP contribution < -0.4 is 5.32 Å². The highest BCUT2D eigenvalue weighted by atomic mass is 16.5. The van der Waals surface area contributed by atoms with Crippen LogP contribution in [0.2, 0.25) is 0 Å². The molecule has 152 valence electrons. The van der Waals surface area contributed by atoms with Crippen LogP contribution >= 0.6 is 0 Å². The van der Waals surface area contributed by atoms with Crippen molar-refractivity contribution < 1.29 is 23.9 Å². The summed E-state index contributed by atoms with van der Waals surface area (Å²) < 4.78 is 5.20. The first kappa shape index (κ1) is 20.5. The van der Waals surface area contributed by atoms with Crippen molar-refractivity contribution in [2.75, 3.05) is 5.32 Å². The Morgan fingerprint density at radius 1 is 1.17 bits per heavy atom. The number of anilines is 1. The lowest BCUT2D eigenvalue weighted by Crippen LogP contribution is -2.46. The highest BCUT2D eigenvalue weighted by Gasteiger charge is 2.51. The van der Waals surface area contributed by atoms with Gasteiger partial charge in [-0.1, -0.05) is 18.9 Å². The maximum atomic E-state index is 12.6. The summed E-state index contributed by atoms with van der Waals surface area (Å²) in [6.07, 6.45) is 1.99. The van der Waals surface area contributed by atoms with Crippen molar-refractivity contribution >= 4 is 29.4 Å². The van der Waals surface area contributed by atoms with Gasteiger partial charge >= 0.3 is 5.97 Å². The Balaban J connectivity index is 1.61. The molecule has 1 N–H and O–H groups in total. The molecule has 1 aromatic rings.